The molecule has 5 heteroatoms. The van der Waals surface area contributed by atoms with Gasteiger partial charge in [0.25, 0.3) is 0 Å². The van der Waals surface area contributed by atoms with Gasteiger partial charge in [0.1, 0.15) is 5.75 Å². The molecule has 1 N–H and O–H groups in total. The number of benzene rings is 2. The highest BCUT2D eigenvalue weighted by Crippen LogP contribution is 2.13. The highest BCUT2D eigenvalue weighted by atomic mass is 16.5. The molecule has 26 heavy (non-hydrogen) atoms. The lowest BCUT2D eigenvalue weighted by Crippen LogP contribution is -2.36. The zero-order valence-electron chi connectivity index (χ0n) is 16.2. The lowest BCUT2D eigenvalue weighted by molar-refractivity contribution is 0.206. The van der Waals surface area contributed by atoms with Crippen molar-refractivity contribution in [2.24, 2.45) is 0 Å². The van der Waals surface area contributed by atoms with Gasteiger partial charge in [0, 0.05) is 26.7 Å². The van der Waals surface area contributed by atoms with Gasteiger partial charge in [-0.05, 0) is 42.4 Å². The van der Waals surface area contributed by atoms with Crippen LogP contribution in [0.5, 0.6) is 5.75 Å². The molecule has 0 saturated carbocycles. The molecule has 0 unspecified atom stereocenters. The van der Waals surface area contributed by atoms with Gasteiger partial charge in [-0.3, -0.25) is 0 Å². The molecule has 2 aromatic rings. The lowest BCUT2D eigenvalue weighted by atomic mass is 10.1. The molecular weight excluding hydrogens is 326 g/mol. The van der Waals surface area contributed by atoms with Crippen molar-refractivity contribution in [1.29, 1.82) is 0 Å². The van der Waals surface area contributed by atoms with Gasteiger partial charge in [-0.25, -0.2) is 4.79 Å². The summed E-state index contributed by atoms with van der Waals surface area (Å²) in [6.45, 7) is 5.14. The molecule has 140 valence electrons. The Labute approximate surface area is 156 Å². The van der Waals surface area contributed by atoms with Crippen LogP contribution in [0, 0.1) is 0 Å². The minimum absolute atomic E-state index is 0.0862. The molecule has 0 bridgehead atoms. The molecule has 5 nitrogen and oxygen atoms in total. The van der Waals surface area contributed by atoms with Crippen LogP contribution < -0.4 is 10.1 Å². The van der Waals surface area contributed by atoms with E-state index in [1.807, 2.05) is 36.4 Å². The average Bonchev–Trinajstić information content (AvgIpc) is 2.66. The molecule has 0 heterocycles. The van der Waals surface area contributed by atoms with Gasteiger partial charge in [0.15, 0.2) is 0 Å². The number of hydrogen-bond donors (Lipinski definition) is 1. The quantitative estimate of drug-likeness (QED) is 0.788. The first kappa shape index (κ1) is 19.8. The second-order valence-corrected chi connectivity index (χ2v) is 6.51. The predicted molar refractivity (Wildman–Crippen MR) is 105 cm³/mol. The van der Waals surface area contributed by atoms with Crippen molar-refractivity contribution in [1.82, 2.24) is 15.1 Å². The number of amides is 2. The molecule has 2 amide bonds. The first-order chi connectivity index (χ1) is 12.5. The van der Waals surface area contributed by atoms with E-state index < -0.39 is 0 Å². The molecule has 0 radical (unpaired) electrons. The zero-order valence-corrected chi connectivity index (χ0v) is 16.2. The fourth-order valence-corrected chi connectivity index (χ4v) is 2.65. The smallest absolute Gasteiger partial charge is 0.317 e. The Morgan fingerprint density at radius 3 is 2.35 bits per heavy atom. The Morgan fingerprint density at radius 2 is 1.69 bits per heavy atom. The van der Waals surface area contributed by atoms with E-state index in [2.05, 4.69) is 36.3 Å². The summed E-state index contributed by atoms with van der Waals surface area (Å²) in [6, 6.07) is 16.0. The molecule has 0 fully saturated rings. The average molecular weight is 355 g/mol. The number of urea groups is 1. The van der Waals surface area contributed by atoms with Gasteiger partial charge >= 0.3 is 6.03 Å². The van der Waals surface area contributed by atoms with Gasteiger partial charge in [-0.1, -0.05) is 43.3 Å². The number of carbonyl (C=O) groups excluding carboxylic acids is 1. The van der Waals surface area contributed by atoms with E-state index in [0.29, 0.717) is 13.1 Å². The second-order valence-electron chi connectivity index (χ2n) is 6.51. The minimum Gasteiger partial charge on any atom is -0.497 e. The molecule has 0 spiro atoms. The molecule has 0 atom stereocenters. The summed E-state index contributed by atoms with van der Waals surface area (Å²) in [5, 5.41) is 2.98. The molecule has 0 aromatic heterocycles. The monoisotopic (exact) mass is 355 g/mol. The van der Waals surface area contributed by atoms with E-state index in [-0.39, 0.29) is 6.03 Å². The number of hydrogen-bond acceptors (Lipinski definition) is 3. The summed E-state index contributed by atoms with van der Waals surface area (Å²) < 4.78 is 5.15. The number of ether oxygens (including phenoxy) is 1. The SMILES string of the molecule is CCN(C)Cc1cccc(CNC(=O)N(C)Cc2ccc(OC)cc2)c1. The highest BCUT2D eigenvalue weighted by Gasteiger charge is 2.09. The Kier molecular flexibility index (Phi) is 7.48. The van der Waals surface area contributed by atoms with Crippen LogP contribution in [0.2, 0.25) is 0 Å². The normalized spacial score (nSPS) is 10.7. The molecular formula is C21H29N3O2. The maximum Gasteiger partial charge on any atom is 0.317 e. The molecule has 0 aliphatic heterocycles. The largest absolute Gasteiger partial charge is 0.497 e. The van der Waals surface area contributed by atoms with Gasteiger partial charge in [0.2, 0.25) is 0 Å². The molecule has 2 aromatic carbocycles. The summed E-state index contributed by atoms with van der Waals surface area (Å²) in [5.74, 6) is 0.814. The summed E-state index contributed by atoms with van der Waals surface area (Å²) in [4.78, 5) is 16.3. The standard InChI is InChI=1S/C21H29N3O2/c1-5-23(2)15-19-8-6-7-18(13-19)14-22-21(25)24(3)16-17-9-11-20(26-4)12-10-17/h6-13H,5,14-16H2,1-4H3,(H,22,25). The van der Waals surface area contributed by atoms with Crippen molar-refractivity contribution in [2.75, 3.05) is 27.7 Å². The van der Waals surface area contributed by atoms with Crippen LogP contribution in [-0.4, -0.2) is 43.6 Å². The van der Waals surface area contributed by atoms with E-state index in [4.69, 9.17) is 4.74 Å². The van der Waals surface area contributed by atoms with Crippen LogP contribution >= 0.6 is 0 Å². The van der Waals surface area contributed by atoms with Crippen LogP contribution in [-0.2, 0) is 19.6 Å². The Hall–Kier alpha value is -2.53. The Bertz CT molecular complexity index is 701. The van der Waals surface area contributed by atoms with Crippen molar-refractivity contribution < 1.29 is 9.53 Å². The third kappa shape index (κ3) is 6.08. The highest BCUT2D eigenvalue weighted by molar-refractivity contribution is 5.73. The fraction of sp³-hybridized carbons (Fsp3) is 0.381. The third-order valence-electron chi connectivity index (χ3n) is 4.35. The maximum absolute atomic E-state index is 12.3. The van der Waals surface area contributed by atoms with Gasteiger partial charge < -0.3 is 19.9 Å². The Balaban J connectivity index is 1.86. The molecule has 0 aliphatic carbocycles. The van der Waals surface area contributed by atoms with Crippen molar-refractivity contribution in [3.63, 3.8) is 0 Å². The number of carbonyl (C=O) groups is 1. The Morgan fingerprint density at radius 1 is 1.00 bits per heavy atom. The third-order valence-corrected chi connectivity index (χ3v) is 4.35. The maximum atomic E-state index is 12.3. The van der Waals surface area contributed by atoms with Crippen molar-refractivity contribution in [3.8, 4) is 5.75 Å². The molecule has 2 rings (SSSR count). The molecule has 0 saturated heterocycles. The summed E-state index contributed by atoms with van der Waals surface area (Å²) in [7, 11) is 5.54. The van der Waals surface area contributed by atoms with E-state index in [1.54, 1.807) is 19.1 Å². The van der Waals surface area contributed by atoms with Crippen molar-refractivity contribution >= 4 is 6.03 Å². The summed E-state index contributed by atoms with van der Waals surface area (Å²) in [6.07, 6.45) is 0. The predicted octanol–water partition coefficient (Wildman–Crippen LogP) is 3.49. The fourth-order valence-electron chi connectivity index (χ4n) is 2.65. The van der Waals surface area contributed by atoms with E-state index in [1.165, 1.54) is 5.56 Å². The van der Waals surface area contributed by atoms with Gasteiger partial charge in [-0.15, -0.1) is 0 Å². The number of rotatable bonds is 8. The van der Waals surface area contributed by atoms with E-state index >= 15 is 0 Å². The van der Waals surface area contributed by atoms with Crippen LogP contribution in [0.25, 0.3) is 0 Å². The summed E-state index contributed by atoms with van der Waals surface area (Å²) >= 11 is 0. The number of nitrogens with zero attached hydrogens (tertiary/aromatic N) is 2. The van der Waals surface area contributed by atoms with E-state index in [9.17, 15) is 4.79 Å². The zero-order chi connectivity index (χ0) is 18.9. The molecule has 0 aliphatic rings. The van der Waals surface area contributed by atoms with Crippen LogP contribution in [0.3, 0.4) is 0 Å². The van der Waals surface area contributed by atoms with Gasteiger partial charge in [-0.2, -0.15) is 0 Å². The first-order valence-corrected chi connectivity index (χ1v) is 8.90. The lowest BCUT2D eigenvalue weighted by Gasteiger charge is -2.19. The second kappa shape index (κ2) is 9.82. The topological polar surface area (TPSA) is 44.8 Å². The van der Waals surface area contributed by atoms with Crippen molar-refractivity contribution in [3.05, 3.63) is 65.2 Å². The van der Waals surface area contributed by atoms with Gasteiger partial charge in [0.05, 0.1) is 7.11 Å². The number of nitrogens with one attached hydrogen (secondary N) is 1. The minimum atomic E-state index is -0.0862. The number of methoxy groups -OCH3 is 1. The summed E-state index contributed by atoms with van der Waals surface area (Å²) in [5.41, 5.74) is 3.43. The van der Waals surface area contributed by atoms with Crippen molar-refractivity contribution in [2.45, 2.75) is 26.6 Å². The van der Waals surface area contributed by atoms with E-state index in [0.717, 1.165) is 30.0 Å². The van der Waals surface area contributed by atoms with Crippen LogP contribution in [0.15, 0.2) is 48.5 Å². The van der Waals surface area contributed by atoms with Crippen LogP contribution in [0.4, 0.5) is 4.79 Å². The first-order valence-electron chi connectivity index (χ1n) is 8.90. The van der Waals surface area contributed by atoms with Crippen LogP contribution in [0.1, 0.15) is 23.6 Å².